The Balaban J connectivity index is 1.45. The van der Waals surface area contributed by atoms with Crippen molar-refractivity contribution >= 4 is 23.5 Å². The van der Waals surface area contributed by atoms with E-state index in [4.69, 9.17) is 4.42 Å². The number of nitrogens with one attached hydrogen (secondary N) is 1. The largest absolute Gasteiger partial charge is 0.430 e. The minimum absolute atomic E-state index is 0.0331. The summed E-state index contributed by atoms with van der Waals surface area (Å²) in [6, 6.07) is 11.7. The van der Waals surface area contributed by atoms with Gasteiger partial charge in [0.05, 0.1) is 11.5 Å². The molecular weight excluding hydrogens is 352 g/mol. The fourth-order valence-electron chi connectivity index (χ4n) is 2.84. The van der Waals surface area contributed by atoms with Crippen molar-refractivity contribution in [2.24, 2.45) is 0 Å². The molecule has 0 aliphatic carbocycles. The Kier molecular flexibility index (Phi) is 4.25. The molecule has 1 aromatic carbocycles. The highest BCUT2D eigenvalue weighted by molar-refractivity contribution is 6.02. The normalized spacial score (nSPS) is 16.5. The monoisotopic (exact) mass is 366 g/mol. The molecule has 3 aromatic rings. The quantitative estimate of drug-likeness (QED) is 0.748. The van der Waals surface area contributed by atoms with Crippen LogP contribution in [-0.4, -0.2) is 28.6 Å². The van der Waals surface area contributed by atoms with Crippen LogP contribution in [0.2, 0.25) is 0 Å². The lowest BCUT2D eigenvalue weighted by atomic mass is 10.1. The average molecular weight is 366 g/mol. The first kappa shape index (κ1) is 16.7. The Labute approximate surface area is 152 Å². The van der Waals surface area contributed by atoms with Crippen LogP contribution in [0.4, 0.5) is 11.7 Å². The predicted octanol–water partition coefficient (Wildman–Crippen LogP) is 1.80. The maximum atomic E-state index is 12.3. The Bertz CT molecular complexity index is 1020. The van der Waals surface area contributed by atoms with Gasteiger partial charge in [-0.25, -0.2) is 4.79 Å². The molecular formula is C18H14N4O5. The van der Waals surface area contributed by atoms with Gasteiger partial charge < -0.3 is 13.7 Å². The molecule has 1 saturated heterocycles. The van der Waals surface area contributed by atoms with Gasteiger partial charge in [-0.1, -0.05) is 23.3 Å². The Morgan fingerprint density at radius 1 is 1.11 bits per heavy atom. The minimum atomic E-state index is -0.555. The lowest BCUT2D eigenvalue weighted by molar-refractivity contribution is -0.117. The molecule has 0 bridgehead atoms. The van der Waals surface area contributed by atoms with Crippen LogP contribution in [0.1, 0.15) is 28.6 Å². The smallest absolute Gasteiger partial charge is 0.335 e. The van der Waals surface area contributed by atoms with Crippen LogP contribution < -0.4 is 15.8 Å². The molecule has 136 valence electrons. The Hall–Kier alpha value is -3.75. The molecule has 0 radical (unpaired) electrons. The topological polar surface area (TPSA) is 119 Å². The number of para-hydroxylation sites is 1. The van der Waals surface area contributed by atoms with Gasteiger partial charge >= 0.3 is 11.6 Å². The second-order valence-corrected chi connectivity index (χ2v) is 5.98. The van der Waals surface area contributed by atoms with E-state index in [-0.39, 0.29) is 35.7 Å². The summed E-state index contributed by atoms with van der Waals surface area (Å²) in [5.74, 6) is -0.570. The molecule has 2 aromatic heterocycles. The van der Waals surface area contributed by atoms with Crippen molar-refractivity contribution in [1.29, 1.82) is 0 Å². The average Bonchev–Trinajstić information content (AvgIpc) is 3.29. The van der Waals surface area contributed by atoms with E-state index in [0.717, 1.165) is 18.0 Å². The second kappa shape index (κ2) is 6.87. The number of hydrogen-bond donors (Lipinski definition) is 1. The molecule has 1 N–H and O–H groups in total. The van der Waals surface area contributed by atoms with Crippen LogP contribution in [0.25, 0.3) is 0 Å². The number of aromatic nitrogens is 2. The van der Waals surface area contributed by atoms with E-state index in [1.807, 2.05) is 30.3 Å². The maximum Gasteiger partial charge on any atom is 0.335 e. The van der Waals surface area contributed by atoms with Crippen LogP contribution in [0.15, 0.2) is 62.4 Å². The summed E-state index contributed by atoms with van der Waals surface area (Å²) in [4.78, 5) is 37.0. The fraction of sp³-hybridized carbons (Fsp3) is 0.167. The number of hydrogen-bond acceptors (Lipinski definition) is 7. The molecule has 1 unspecified atom stereocenters. The van der Waals surface area contributed by atoms with E-state index >= 15 is 0 Å². The molecule has 3 heterocycles. The first-order chi connectivity index (χ1) is 13.1. The number of rotatable bonds is 4. The third-order valence-corrected chi connectivity index (χ3v) is 4.17. The summed E-state index contributed by atoms with van der Waals surface area (Å²) >= 11 is 0. The summed E-state index contributed by atoms with van der Waals surface area (Å²) in [5.41, 5.74) is 0.393. The first-order valence-corrected chi connectivity index (χ1v) is 8.19. The number of anilines is 2. The number of carbonyl (C=O) groups excluding carboxylic acids is 2. The molecule has 1 aliphatic heterocycles. The van der Waals surface area contributed by atoms with E-state index in [1.54, 1.807) is 4.90 Å². The zero-order valence-electron chi connectivity index (χ0n) is 14.0. The van der Waals surface area contributed by atoms with Crippen molar-refractivity contribution in [2.45, 2.75) is 12.3 Å². The van der Waals surface area contributed by atoms with Gasteiger partial charge in [-0.3, -0.25) is 14.9 Å². The number of amides is 2. The maximum absolute atomic E-state index is 12.3. The molecule has 1 atom stereocenters. The number of carbonyl (C=O) groups is 2. The summed E-state index contributed by atoms with van der Waals surface area (Å²) < 4.78 is 10.1. The van der Waals surface area contributed by atoms with Crippen LogP contribution in [0, 0.1) is 0 Å². The Morgan fingerprint density at radius 3 is 2.67 bits per heavy atom. The first-order valence-electron chi connectivity index (χ1n) is 8.19. The zero-order chi connectivity index (χ0) is 18.8. The highest BCUT2D eigenvalue weighted by Crippen LogP contribution is 2.31. The van der Waals surface area contributed by atoms with E-state index in [9.17, 15) is 14.4 Å². The molecule has 1 fully saturated rings. The molecule has 2 amide bonds. The van der Waals surface area contributed by atoms with Crippen LogP contribution in [0.3, 0.4) is 0 Å². The van der Waals surface area contributed by atoms with Crippen molar-refractivity contribution in [3.63, 3.8) is 0 Å². The van der Waals surface area contributed by atoms with Crippen molar-refractivity contribution < 1.29 is 18.4 Å². The predicted molar refractivity (Wildman–Crippen MR) is 93.4 cm³/mol. The van der Waals surface area contributed by atoms with Gasteiger partial charge in [0.15, 0.2) is 0 Å². The van der Waals surface area contributed by atoms with Crippen LogP contribution in [0.5, 0.6) is 0 Å². The van der Waals surface area contributed by atoms with Crippen molar-refractivity contribution in [2.75, 3.05) is 16.8 Å². The molecule has 0 saturated carbocycles. The molecule has 0 spiro atoms. The lowest BCUT2D eigenvalue weighted by Gasteiger charge is -2.15. The van der Waals surface area contributed by atoms with E-state index < -0.39 is 11.5 Å². The summed E-state index contributed by atoms with van der Waals surface area (Å²) in [5, 5.41) is 10.2. The molecule has 1 aliphatic rings. The fourth-order valence-corrected chi connectivity index (χ4v) is 2.84. The standard InChI is InChI=1S/C18H14N4O5/c23-14-8-12(9-22(14)13-4-2-1-3-5-13)17-20-21-18(27-17)19-16(25)11-6-7-15(24)26-10-11/h1-7,10,12H,8-9H2,(H,19,21,25). The lowest BCUT2D eigenvalue weighted by Crippen LogP contribution is -2.24. The van der Waals surface area contributed by atoms with E-state index in [2.05, 4.69) is 19.9 Å². The van der Waals surface area contributed by atoms with Gasteiger partial charge in [0.2, 0.25) is 11.8 Å². The number of nitrogens with zero attached hydrogens (tertiary/aromatic N) is 3. The number of benzene rings is 1. The van der Waals surface area contributed by atoms with E-state index in [1.165, 1.54) is 6.07 Å². The summed E-state index contributed by atoms with van der Waals surface area (Å²) in [6.45, 7) is 0.419. The van der Waals surface area contributed by atoms with Crippen LogP contribution in [-0.2, 0) is 4.79 Å². The van der Waals surface area contributed by atoms with Crippen molar-refractivity contribution in [3.8, 4) is 0 Å². The third-order valence-electron chi connectivity index (χ3n) is 4.17. The Morgan fingerprint density at radius 2 is 1.93 bits per heavy atom. The highest BCUT2D eigenvalue weighted by atomic mass is 16.4. The summed E-state index contributed by atoms with van der Waals surface area (Å²) in [7, 11) is 0. The van der Waals surface area contributed by atoms with Gasteiger partial charge in [0.25, 0.3) is 5.91 Å². The minimum Gasteiger partial charge on any atom is -0.430 e. The molecule has 27 heavy (non-hydrogen) atoms. The highest BCUT2D eigenvalue weighted by Gasteiger charge is 2.35. The summed E-state index contributed by atoms with van der Waals surface area (Å²) in [6.07, 6.45) is 1.29. The van der Waals surface area contributed by atoms with Gasteiger partial charge in [0, 0.05) is 24.7 Å². The molecule has 9 heteroatoms. The van der Waals surface area contributed by atoms with Crippen molar-refractivity contribution in [3.05, 3.63) is 70.6 Å². The van der Waals surface area contributed by atoms with Crippen LogP contribution >= 0.6 is 0 Å². The third kappa shape index (κ3) is 3.47. The SMILES string of the molecule is O=C(Nc1nnc(C2CC(=O)N(c3ccccc3)C2)o1)c1ccc(=O)oc1. The molecule has 9 nitrogen and oxygen atoms in total. The zero-order valence-corrected chi connectivity index (χ0v) is 14.0. The van der Waals surface area contributed by atoms with E-state index in [0.29, 0.717) is 6.54 Å². The van der Waals surface area contributed by atoms with Gasteiger partial charge in [-0.2, -0.15) is 0 Å². The van der Waals surface area contributed by atoms with Gasteiger partial charge in [-0.15, -0.1) is 5.10 Å². The van der Waals surface area contributed by atoms with Gasteiger partial charge in [-0.05, 0) is 18.2 Å². The van der Waals surface area contributed by atoms with Crippen molar-refractivity contribution in [1.82, 2.24) is 10.2 Å². The second-order valence-electron chi connectivity index (χ2n) is 5.98. The van der Waals surface area contributed by atoms with Gasteiger partial charge in [0.1, 0.15) is 6.26 Å². The molecule has 4 rings (SSSR count).